The fourth-order valence-electron chi connectivity index (χ4n) is 8.61. The van der Waals surface area contributed by atoms with Crippen LogP contribution in [0.15, 0.2) is 48.0 Å². The molecule has 2 N–H and O–H groups in total. The van der Waals surface area contributed by atoms with Gasteiger partial charge in [0.1, 0.15) is 6.10 Å². The Balaban J connectivity index is 1.19. The second kappa shape index (κ2) is 7.61. The minimum atomic E-state index is -0.918. The zero-order valence-corrected chi connectivity index (χ0v) is 21.1. The Morgan fingerprint density at radius 3 is 2.70 bits per heavy atom. The van der Waals surface area contributed by atoms with E-state index in [2.05, 4.69) is 4.90 Å². The molecule has 2 saturated heterocycles. The van der Waals surface area contributed by atoms with Crippen molar-refractivity contribution in [1.29, 1.82) is 0 Å². The molecule has 2 aromatic rings. The van der Waals surface area contributed by atoms with Gasteiger partial charge in [0.2, 0.25) is 5.91 Å². The Hall–Kier alpha value is -2.83. The van der Waals surface area contributed by atoms with Crippen molar-refractivity contribution in [3.63, 3.8) is 0 Å². The maximum absolute atomic E-state index is 13.7. The lowest BCUT2D eigenvalue weighted by molar-refractivity contribution is -0.200. The van der Waals surface area contributed by atoms with Crippen LogP contribution < -0.4 is 4.74 Å². The first kappa shape index (κ1) is 22.2. The number of rotatable bonds is 4. The number of amides is 1. The fraction of sp³-hybridized carbons (Fsp3) is 0.516. The van der Waals surface area contributed by atoms with Crippen LogP contribution >= 0.6 is 0 Å². The lowest BCUT2D eigenvalue weighted by Crippen LogP contribution is -2.78. The predicted octanol–water partition coefficient (Wildman–Crippen LogP) is 3.64. The van der Waals surface area contributed by atoms with E-state index in [1.54, 1.807) is 6.07 Å². The second-order valence-corrected chi connectivity index (χ2v) is 12.2. The summed E-state index contributed by atoms with van der Waals surface area (Å²) >= 11 is 0. The normalized spacial score (nSPS) is 37.1. The summed E-state index contributed by atoms with van der Waals surface area (Å²) in [5, 5.41) is 23.5. The number of phenolic OH excluding ortho intramolecular Hbond substituents is 1. The van der Waals surface area contributed by atoms with Gasteiger partial charge < -0.3 is 19.8 Å². The summed E-state index contributed by atoms with van der Waals surface area (Å²) in [6.45, 7) is 2.66. The first-order valence-corrected chi connectivity index (χ1v) is 14.0. The number of aromatic hydroxyl groups is 1. The van der Waals surface area contributed by atoms with Gasteiger partial charge in [-0.2, -0.15) is 0 Å². The third-order valence-electron chi connectivity index (χ3n) is 10.4. The molecule has 4 fully saturated rings. The Labute approximate surface area is 217 Å². The topological polar surface area (TPSA) is 73.2 Å². The fourth-order valence-corrected chi connectivity index (χ4v) is 8.61. The van der Waals surface area contributed by atoms with E-state index in [1.807, 2.05) is 47.4 Å². The van der Waals surface area contributed by atoms with E-state index < -0.39 is 11.0 Å². The summed E-state index contributed by atoms with van der Waals surface area (Å²) in [7, 11) is 0. The van der Waals surface area contributed by atoms with Gasteiger partial charge in [0.25, 0.3) is 0 Å². The van der Waals surface area contributed by atoms with E-state index in [-0.39, 0.29) is 29.8 Å². The largest absolute Gasteiger partial charge is 0.504 e. The molecule has 3 aliphatic carbocycles. The van der Waals surface area contributed by atoms with Crippen molar-refractivity contribution in [1.82, 2.24) is 9.80 Å². The highest BCUT2D eigenvalue weighted by molar-refractivity contribution is 6.00. The molecule has 3 heterocycles. The van der Waals surface area contributed by atoms with Gasteiger partial charge in [-0.3, -0.25) is 9.69 Å². The number of benzene rings is 2. The molecule has 2 aromatic carbocycles. The number of likely N-dealkylation sites (tertiary alicyclic amines) is 2. The number of hydrogen-bond donors (Lipinski definition) is 2. The summed E-state index contributed by atoms with van der Waals surface area (Å²) in [4.78, 5) is 18.3. The minimum absolute atomic E-state index is 0.0553. The molecule has 1 spiro atoms. The van der Waals surface area contributed by atoms with Crippen molar-refractivity contribution < 1.29 is 19.7 Å². The van der Waals surface area contributed by atoms with Gasteiger partial charge >= 0.3 is 0 Å². The van der Waals surface area contributed by atoms with E-state index in [1.165, 1.54) is 18.4 Å². The molecule has 8 rings (SSSR count). The molecule has 0 unspecified atom stereocenters. The van der Waals surface area contributed by atoms with Gasteiger partial charge in [0.05, 0.1) is 17.1 Å². The van der Waals surface area contributed by atoms with Gasteiger partial charge in [-0.1, -0.05) is 36.4 Å². The summed E-state index contributed by atoms with van der Waals surface area (Å²) in [6, 6.07) is 13.8. The Morgan fingerprint density at radius 2 is 1.89 bits per heavy atom. The molecule has 3 aliphatic heterocycles. The number of hydrogen-bond acceptors (Lipinski definition) is 5. The second-order valence-electron chi connectivity index (χ2n) is 12.2. The van der Waals surface area contributed by atoms with Crippen molar-refractivity contribution in [3.8, 4) is 11.5 Å². The molecule has 2 saturated carbocycles. The zero-order valence-electron chi connectivity index (χ0n) is 21.1. The first-order chi connectivity index (χ1) is 18.0. The number of ether oxygens (including phenoxy) is 1. The van der Waals surface area contributed by atoms with E-state index >= 15 is 0 Å². The minimum Gasteiger partial charge on any atom is -0.504 e. The molecule has 2 bridgehead atoms. The average Bonchev–Trinajstić information content (AvgIpc) is 3.55. The van der Waals surface area contributed by atoms with Gasteiger partial charge in [0.15, 0.2) is 11.5 Å². The Morgan fingerprint density at radius 1 is 1.05 bits per heavy atom. The third-order valence-corrected chi connectivity index (χ3v) is 10.4. The smallest absolute Gasteiger partial charge is 0.250 e. The number of carbonyl (C=O) groups excluding carboxylic acids is 1. The van der Waals surface area contributed by atoms with Crippen LogP contribution in [-0.2, 0) is 16.6 Å². The lowest BCUT2D eigenvalue weighted by Gasteiger charge is -2.64. The molecule has 6 heteroatoms. The van der Waals surface area contributed by atoms with Crippen LogP contribution in [-0.4, -0.2) is 69.3 Å². The van der Waals surface area contributed by atoms with Crippen LogP contribution in [0.4, 0.5) is 0 Å². The molecule has 0 aromatic heterocycles. The number of piperidine rings is 1. The highest BCUT2D eigenvalue weighted by Gasteiger charge is 2.73. The average molecular weight is 499 g/mol. The first-order valence-electron chi connectivity index (χ1n) is 14.0. The van der Waals surface area contributed by atoms with E-state index in [0.29, 0.717) is 25.1 Å². The van der Waals surface area contributed by atoms with Crippen LogP contribution in [0.1, 0.15) is 55.2 Å². The molecule has 192 valence electrons. The maximum Gasteiger partial charge on any atom is 0.250 e. The van der Waals surface area contributed by atoms with Crippen molar-refractivity contribution in [2.24, 2.45) is 5.92 Å². The number of aliphatic hydroxyl groups is 1. The SMILES string of the molecule is O=C1/C(=C\c2ccccc2)CCN1[C@@H]1CC[C@@]2(O)[C@H]3Cc4ccc(O)c5c4[C@@]2(CCN3CC2CC2)[C@H]1O5. The number of carbonyl (C=O) groups is 1. The number of phenols is 1. The van der Waals surface area contributed by atoms with Crippen molar-refractivity contribution >= 4 is 12.0 Å². The van der Waals surface area contributed by atoms with Gasteiger partial charge in [0, 0.05) is 30.3 Å². The summed E-state index contributed by atoms with van der Waals surface area (Å²) in [5.74, 6) is 1.55. The Kier molecular flexibility index (Phi) is 4.56. The predicted molar refractivity (Wildman–Crippen MR) is 139 cm³/mol. The van der Waals surface area contributed by atoms with Gasteiger partial charge in [-0.25, -0.2) is 0 Å². The number of nitrogens with zero attached hydrogens (tertiary/aromatic N) is 2. The molecular weight excluding hydrogens is 464 g/mol. The standard InChI is InChI=1S/C31H34N2O4/c34-24-9-8-21-17-25-31(36)12-10-23(33-14-11-22(29(33)35)16-19-4-2-1-3-5-19)28-30(31,26(21)27(24)37-28)13-15-32(25)18-20-6-7-20/h1-5,8-9,16,20,23,25,28,34,36H,6-7,10-15,17-18H2/b22-16-/t23-,25-,28+,30+,31-/m1/s1. The molecule has 37 heavy (non-hydrogen) atoms. The van der Waals surface area contributed by atoms with Crippen LogP contribution in [0, 0.1) is 5.92 Å². The van der Waals surface area contributed by atoms with Crippen molar-refractivity contribution in [2.45, 2.75) is 74.1 Å². The molecule has 6 aliphatic rings. The third kappa shape index (κ3) is 2.91. The zero-order chi connectivity index (χ0) is 24.9. The lowest BCUT2D eigenvalue weighted by atomic mass is 9.48. The quantitative estimate of drug-likeness (QED) is 0.630. The summed E-state index contributed by atoms with van der Waals surface area (Å²) < 4.78 is 6.69. The maximum atomic E-state index is 13.7. The van der Waals surface area contributed by atoms with E-state index in [0.717, 1.165) is 55.0 Å². The molecular formula is C31H34N2O4. The molecule has 0 radical (unpaired) electrons. The summed E-state index contributed by atoms with van der Waals surface area (Å²) in [5.41, 5.74) is 2.60. The summed E-state index contributed by atoms with van der Waals surface area (Å²) in [6.07, 6.45) is 7.93. The van der Waals surface area contributed by atoms with Crippen molar-refractivity contribution in [3.05, 3.63) is 64.7 Å². The Bertz CT molecular complexity index is 1320. The van der Waals surface area contributed by atoms with Crippen LogP contribution in [0.25, 0.3) is 6.08 Å². The molecule has 6 nitrogen and oxygen atoms in total. The van der Waals surface area contributed by atoms with Crippen LogP contribution in [0.2, 0.25) is 0 Å². The van der Waals surface area contributed by atoms with E-state index in [9.17, 15) is 15.0 Å². The van der Waals surface area contributed by atoms with Crippen LogP contribution in [0.3, 0.4) is 0 Å². The van der Waals surface area contributed by atoms with Gasteiger partial charge in [-0.15, -0.1) is 0 Å². The van der Waals surface area contributed by atoms with Crippen molar-refractivity contribution in [2.75, 3.05) is 19.6 Å². The van der Waals surface area contributed by atoms with Crippen LogP contribution in [0.5, 0.6) is 11.5 Å². The van der Waals surface area contributed by atoms with Gasteiger partial charge in [-0.05, 0) is 80.7 Å². The molecule has 1 amide bonds. The highest BCUT2D eigenvalue weighted by atomic mass is 16.5. The highest BCUT2D eigenvalue weighted by Crippen LogP contribution is 2.66. The monoisotopic (exact) mass is 498 g/mol. The molecule has 5 atom stereocenters. The van der Waals surface area contributed by atoms with E-state index in [4.69, 9.17) is 4.74 Å².